The first-order valence-electron chi connectivity index (χ1n) is 6.57. The molecule has 0 fully saturated rings. The fourth-order valence-electron chi connectivity index (χ4n) is 1.77. The second kappa shape index (κ2) is 6.95. The van der Waals surface area contributed by atoms with Gasteiger partial charge in [-0.25, -0.2) is 4.79 Å². The molecule has 0 aliphatic heterocycles. The van der Waals surface area contributed by atoms with Crippen molar-refractivity contribution in [1.82, 2.24) is 0 Å². The van der Waals surface area contributed by atoms with E-state index in [2.05, 4.69) is 0 Å². The molecule has 24 heavy (non-hydrogen) atoms. The molecule has 0 heterocycles. The minimum atomic E-state index is -4.47. The maximum Gasteiger partial charge on any atom is 0.416 e. The molecule has 0 N–H and O–H groups in total. The van der Waals surface area contributed by atoms with Crippen molar-refractivity contribution < 1.29 is 27.6 Å². The Morgan fingerprint density at radius 1 is 1.12 bits per heavy atom. The first-order chi connectivity index (χ1) is 11.3. The Morgan fingerprint density at radius 2 is 1.79 bits per heavy atom. The van der Waals surface area contributed by atoms with Crippen LogP contribution in [0, 0.1) is 10.1 Å². The highest BCUT2D eigenvalue weighted by molar-refractivity contribution is 5.88. The zero-order valence-electron chi connectivity index (χ0n) is 12.0. The highest BCUT2D eigenvalue weighted by Crippen LogP contribution is 2.29. The van der Waals surface area contributed by atoms with Gasteiger partial charge in [-0.05, 0) is 35.9 Å². The SMILES string of the molecule is O=C(/C=C/c1cccc(C(F)(F)F)c1)Oc1ccc([N+](=O)[O-])cc1. The number of hydrogen-bond donors (Lipinski definition) is 0. The lowest BCUT2D eigenvalue weighted by Crippen LogP contribution is -2.05. The van der Waals surface area contributed by atoms with Gasteiger partial charge in [-0.3, -0.25) is 10.1 Å². The van der Waals surface area contributed by atoms with E-state index in [1.807, 2.05) is 0 Å². The Kier molecular flexibility index (Phi) is 4.98. The average Bonchev–Trinajstić information content (AvgIpc) is 2.53. The Labute approximate surface area is 134 Å². The van der Waals surface area contributed by atoms with Crippen molar-refractivity contribution in [3.8, 4) is 5.75 Å². The number of carbonyl (C=O) groups excluding carboxylic acids is 1. The van der Waals surface area contributed by atoms with Gasteiger partial charge in [0.15, 0.2) is 0 Å². The predicted octanol–water partition coefficient (Wildman–Crippen LogP) is 4.23. The van der Waals surface area contributed by atoms with Gasteiger partial charge in [0.2, 0.25) is 0 Å². The molecule has 0 spiro atoms. The van der Waals surface area contributed by atoms with Crippen LogP contribution in [0.25, 0.3) is 6.08 Å². The molecule has 0 bridgehead atoms. The molecule has 8 heteroatoms. The van der Waals surface area contributed by atoms with Crippen molar-refractivity contribution in [3.63, 3.8) is 0 Å². The van der Waals surface area contributed by atoms with Crippen LogP contribution in [0.4, 0.5) is 18.9 Å². The summed E-state index contributed by atoms with van der Waals surface area (Å²) in [6.07, 6.45) is -2.32. The van der Waals surface area contributed by atoms with Gasteiger partial charge in [0.05, 0.1) is 10.5 Å². The van der Waals surface area contributed by atoms with Gasteiger partial charge < -0.3 is 4.74 Å². The monoisotopic (exact) mass is 337 g/mol. The molecule has 2 rings (SSSR count). The first kappa shape index (κ1) is 17.2. The number of ether oxygens (including phenoxy) is 1. The number of rotatable bonds is 4. The Hall–Kier alpha value is -3.16. The van der Waals surface area contributed by atoms with Gasteiger partial charge in [-0.2, -0.15) is 13.2 Å². The maximum absolute atomic E-state index is 12.6. The van der Waals surface area contributed by atoms with Gasteiger partial charge in [-0.15, -0.1) is 0 Å². The number of esters is 1. The van der Waals surface area contributed by atoms with Crippen LogP contribution in [0.5, 0.6) is 5.75 Å². The lowest BCUT2D eigenvalue weighted by Gasteiger charge is -2.06. The van der Waals surface area contributed by atoms with Crippen molar-refractivity contribution in [2.24, 2.45) is 0 Å². The second-order valence-corrected chi connectivity index (χ2v) is 4.63. The van der Waals surface area contributed by atoms with E-state index in [0.29, 0.717) is 0 Å². The molecule has 124 valence electrons. The van der Waals surface area contributed by atoms with Gasteiger partial charge in [0.1, 0.15) is 5.75 Å². The highest BCUT2D eigenvalue weighted by atomic mass is 19.4. The summed E-state index contributed by atoms with van der Waals surface area (Å²) in [5.41, 5.74) is -0.798. The van der Waals surface area contributed by atoms with E-state index in [0.717, 1.165) is 18.2 Å². The summed E-state index contributed by atoms with van der Waals surface area (Å²) >= 11 is 0. The summed E-state index contributed by atoms with van der Waals surface area (Å²) in [6, 6.07) is 9.28. The first-order valence-corrected chi connectivity index (χ1v) is 6.57. The van der Waals surface area contributed by atoms with Gasteiger partial charge in [0.25, 0.3) is 5.69 Å². The number of nitrogens with zero attached hydrogens (tertiary/aromatic N) is 1. The molecule has 0 unspecified atom stereocenters. The summed E-state index contributed by atoms with van der Waals surface area (Å²) in [4.78, 5) is 21.5. The van der Waals surface area contributed by atoms with Crippen LogP contribution < -0.4 is 4.74 Å². The fraction of sp³-hybridized carbons (Fsp3) is 0.0625. The summed E-state index contributed by atoms with van der Waals surface area (Å²) in [7, 11) is 0. The Bertz CT molecular complexity index is 783. The standard InChI is InChI=1S/C16H10F3NO4/c17-16(18,19)12-3-1-2-11(10-12)4-9-15(21)24-14-7-5-13(6-8-14)20(22)23/h1-10H/b9-4+. The number of nitro groups is 1. The average molecular weight is 337 g/mol. The number of nitro benzene ring substituents is 1. The van der Waals surface area contributed by atoms with Gasteiger partial charge >= 0.3 is 12.1 Å². The van der Waals surface area contributed by atoms with Crippen molar-refractivity contribution in [2.45, 2.75) is 6.18 Å². The van der Waals surface area contributed by atoms with E-state index >= 15 is 0 Å². The molecule has 5 nitrogen and oxygen atoms in total. The molecule has 2 aromatic rings. The molecular formula is C16H10F3NO4. The maximum atomic E-state index is 12.6. The number of hydrogen-bond acceptors (Lipinski definition) is 4. The van der Waals surface area contributed by atoms with Crippen LogP contribution in [0.1, 0.15) is 11.1 Å². The van der Waals surface area contributed by atoms with Crippen molar-refractivity contribution in [2.75, 3.05) is 0 Å². The largest absolute Gasteiger partial charge is 0.423 e. The summed E-state index contributed by atoms with van der Waals surface area (Å²) in [6.45, 7) is 0. The number of alkyl halides is 3. The quantitative estimate of drug-likeness (QED) is 0.275. The molecule has 0 amide bonds. The molecule has 0 atom stereocenters. The van der Waals surface area contributed by atoms with Crippen LogP contribution in [0.2, 0.25) is 0 Å². The van der Waals surface area contributed by atoms with Crippen LogP contribution in [-0.2, 0) is 11.0 Å². The third-order valence-electron chi connectivity index (χ3n) is 2.89. The van der Waals surface area contributed by atoms with Crippen molar-refractivity contribution in [3.05, 3.63) is 75.8 Å². The molecule has 0 aromatic heterocycles. The van der Waals surface area contributed by atoms with Crippen LogP contribution in [0.3, 0.4) is 0 Å². The van der Waals surface area contributed by atoms with Crippen LogP contribution in [0.15, 0.2) is 54.6 Å². The molecule has 0 aliphatic carbocycles. The molecule has 2 aromatic carbocycles. The van der Waals surface area contributed by atoms with Crippen LogP contribution in [-0.4, -0.2) is 10.9 Å². The smallest absolute Gasteiger partial charge is 0.416 e. The molecule has 0 radical (unpaired) electrons. The molecule has 0 saturated carbocycles. The second-order valence-electron chi connectivity index (χ2n) is 4.63. The van der Waals surface area contributed by atoms with E-state index in [1.54, 1.807) is 0 Å². The summed E-state index contributed by atoms with van der Waals surface area (Å²) < 4.78 is 42.6. The predicted molar refractivity (Wildman–Crippen MR) is 79.2 cm³/mol. The van der Waals surface area contributed by atoms with E-state index in [9.17, 15) is 28.1 Å². The van der Waals surface area contributed by atoms with Crippen molar-refractivity contribution >= 4 is 17.7 Å². The van der Waals surface area contributed by atoms with E-state index < -0.39 is 22.6 Å². The minimum absolute atomic E-state index is 0.0827. The number of carbonyl (C=O) groups is 1. The fourth-order valence-corrected chi connectivity index (χ4v) is 1.77. The number of non-ortho nitro benzene ring substituents is 1. The van der Waals surface area contributed by atoms with Crippen molar-refractivity contribution in [1.29, 1.82) is 0 Å². The van der Waals surface area contributed by atoms with E-state index in [4.69, 9.17) is 4.74 Å². The van der Waals surface area contributed by atoms with Gasteiger partial charge in [0, 0.05) is 18.2 Å². The zero-order chi connectivity index (χ0) is 17.7. The minimum Gasteiger partial charge on any atom is -0.423 e. The summed E-state index contributed by atoms with van der Waals surface area (Å²) in [5, 5.41) is 10.5. The van der Waals surface area contributed by atoms with Crippen LogP contribution >= 0.6 is 0 Å². The molecule has 0 aliphatic rings. The van der Waals surface area contributed by atoms with E-state index in [-0.39, 0.29) is 17.0 Å². The summed E-state index contributed by atoms with van der Waals surface area (Å²) in [5.74, 6) is -0.736. The molecular weight excluding hydrogens is 327 g/mol. The van der Waals surface area contributed by atoms with Gasteiger partial charge in [-0.1, -0.05) is 12.1 Å². The Balaban J connectivity index is 2.04. The van der Waals surface area contributed by atoms with E-state index in [1.165, 1.54) is 42.5 Å². The Morgan fingerprint density at radius 3 is 2.38 bits per heavy atom. The normalized spacial score (nSPS) is 11.5. The number of halogens is 3. The third kappa shape index (κ3) is 4.67. The lowest BCUT2D eigenvalue weighted by molar-refractivity contribution is -0.384. The topological polar surface area (TPSA) is 69.4 Å². The lowest BCUT2D eigenvalue weighted by atomic mass is 10.1. The highest BCUT2D eigenvalue weighted by Gasteiger charge is 2.30. The third-order valence-corrected chi connectivity index (χ3v) is 2.89. The molecule has 0 saturated heterocycles. The zero-order valence-corrected chi connectivity index (χ0v) is 12.0. The number of benzene rings is 2.